The summed E-state index contributed by atoms with van der Waals surface area (Å²) >= 11 is 6.05. The number of carbonyl (C=O) groups is 1. The van der Waals surface area contributed by atoms with Crippen LogP contribution >= 0.6 is 11.6 Å². The summed E-state index contributed by atoms with van der Waals surface area (Å²) in [6, 6.07) is 11.9. The fourth-order valence-corrected chi connectivity index (χ4v) is 2.64. The van der Waals surface area contributed by atoms with Crippen molar-refractivity contribution in [3.05, 3.63) is 57.7 Å². The molecule has 3 N–H and O–H groups in total. The zero-order valence-corrected chi connectivity index (χ0v) is 13.6. The highest BCUT2D eigenvalue weighted by atomic mass is 35.5. The number of hydrogen-bond acceptors (Lipinski definition) is 5. The fourth-order valence-electron chi connectivity index (χ4n) is 2.40. The second kappa shape index (κ2) is 7.45. The van der Waals surface area contributed by atoms with E-state index in [0.717, 1.165) is 0 Å². The molecule has 0 saturated heterocycles. The van der Waals surface area contributed by atoms with Gasteiger partial charge in [-0.25, -0.2) is 4.98 Å². The Balaban J connectivity index is 2.56. The first-order valence-corrected chi connectivity index (χ1v) is 7.54. The van der Waals surface area contributed by atoms with E-state index in [0.29, 0.717) is 17.5 Å². The van der Waals surface area contributed by atoms with E-state index in [1.807, 2.05) is 18.2 Å². The maximum absolute atomic E-state index is 11.8. The van der Waals surface area contributed by atoms with E-state index < -0.39 is 11.9 Å². The molecule has 0 radical (unpaired) electrons. The Labute approximate surface area is 144 Å². The van der Waals surface area contributed by atoms with E-state index in [4.69, 9.17) is 17.3 Å². The van der Waals surface area contributed by atoms with Crippen LogP contribution in [0.15, 0.2) is 30.3 Å². The Hall–Kier alpha value is -3.09. The molecule has 120 valence electrons. The molecule has 0 saturated carbocycles. The highest BCUT2D eigenvalue weighted by molar-refractivity contribution is 6.30. The van der Waals surface area contributed by atoms with Gasteiger partial charge < -0.3 is 11.1 Å². The Bertz CT molecular complexity index is 852. The molecule has 1 atom stereocenters. The number of nitrogens with zero attached hydrogens (tertiary/aromatic N) is 3. The minimum absolute atomic E-state index is 0.0212. The molecule has 0 bridgehead atoms. The van der Waals surface area contributed by atoms with Crippen molar-refractivity contribution in [2.45, 2.75) is 19.4 Å². The predicted octanol–water partition coefficient (Wildman–Crippen LogP) is 2.68. The lowest BCUT2D eigenvalue weighted by Gasteiger charge is -2.19. The second-order valence-electron chi connectivity index (χ2n) is 4.95. The number of hydrogen-bond donors (Lipinski definition) is 2. The van der Waals surface area contributed by atoms with Crippen molar-refractivity contribution in [1.82, 2.24) is 4.98 Å². The number of nitriles is 2. The normalized spacial score (nSPS) is 11.2. The van der Waals surface area contributed by atoms with Crippen LogP contribution in [0.25, 0.3) is 0 Å². The van der Waals surface area contributed by atoms with Crippen LogP contribution < -0.4 is 11.1 Å². The Kier molecular flexibility index (Phi) is 5.36. The zero-order chi connectivity index (χ0) is 17.7. The monoisotopic (exact) mass is 339 g/mol. The third kappa shape index (κ3) is 3.29. The zero-order valence-electron chi connectivity index (χ0n) is 12.9. The average Bonchev–Trinajstić information content (AvgIpc) is 2.59. The van der Waals surface area contributed by atoms with Crippen molar-refractivity contribution in [1.29, 1.82) is 10.5 Å². The molecule has 1 unspecified atom stereocenters. The number of rotatable bonds is 5. The van der Waals surface area contributed by atoms with Gasteiger partial charge in [0, 0.05) is 0 Å². The van der Waals surface area contributed by atoms with E-state index in [1.54, 1.807) is 31.2 Å². The third-order valence-corrected chi connectivity index (χ3v) is 3.81. The summed E-state index contributed by atoms with van der Waals surface area (Å²) in [6.45, 7) is 1.81. The Morgan fingerprint density at radius 1 is 1.29 bits per heavy atom. The third-order valence-electron chi connectivity index (χ3n) is 3.53. The lowest BCUT2D eigenvalue weighted by atomic mass is 10.0. The summed E-state index contributed by atoms with van der Waals surface area (Å²) in [7, 11) is 0. The molecule has 2 aromatic rings. The molecule has 0 aliphatic rings. The minimum atomic E-state index is -0.875. The molecule has 0 aliphatic carbocycles. The topological polar surface area (TPSA) is 116 Å². The van der Waals surface area contributed by atoms with Gasteiger partial charge in [-0.05, 0) is 17.5 Å². The molecule has 0 spiro atoms. The summed E-state index contributed by atoms with van der Waals surface area (Å²) < 4.78 is 0. The number of benzene rings is 1. The number of pyridine rings is 1. The maximum Gasteiger partial charge on any atom is 0.244 e. The summed E-state index contributed by atoms with van der Waals surface area (Å²) in [6.07, 6.45) is 0.426. The Morgan fingerprint density at radius 2 is 1.92 bits per heavy atom. The summed E-state index contributed by atoms with van der Waals surface area (Å²) in [5, 5.41) is 21.5. The number of aromatic nitrogens is 1. The molecule has 0 fully saturated rings. The molecule has 1 aromatic heterocycles. The van der Waals surface area contributed by atoms with E-state index in [9.17, 15) is 15.3 Å². The van der Waals surface area contributed by atoms with Crippen LogP contribution in [-0.2, 0) is 11.2 Å². The number of halogens is 1. The lowest BCUT2D eigenvalue weighted by molar-refractivity contribution is -0.118. The van der Waals surface area contributed by atoms with Crippen LogP contribution in [0, 0.1) is 22.7 Å². The van der Waals surface area contributed by atoms with Crippen molar-refractivity contribution < 1.29 is 4.79 Å². The van der Waals surface area contributed by atoms with Gasteiger partial charge >= 0.3 is 0 Å². The van der Waals surface area contributed by atoms with Gasteiger partial charge in [-0.15, -0.1) is 0 Å². The molecule has 0 aliphatic heterocycles. The van der Waals surface area contributed by atoms with Crippen LogP contribution in [-0.4, -0.2) is 10.9 Å². The second-order valence-corrected chi connectivity index (χ2v) is 5.31. The van der Waals surface area contributed by atoms with Crippen molar-refractivity contribution >= 4 is 23.3 Å². The predicted molar refractivity (Wildman–Crippen MR) is 90.1 cm³/mol. The smallest absolute Gasteiger partial charge is 0.244 e. The van der Waals surface area contributed by atoms with Gasteiger partial charge in [0.1, 0.15) is 29.2 Å². The van der Waals surface area contributed by atoms with E-state index in [1.165, 1.54) is 0 Å². The molecule has 1 heterocycles. The van der Waals surface area contributed by atoms with Crippen LogP contribution in [0.4, 0.5) is 5.82 Å². The van der Waals surface area contributed by atoms with Crippen LogP contribution in [0.3, 0.4) is 0 Å². The van der Waals surface area contributed by atoms with E-state index in [-0.39, 0.29) is 22.1 Å². The van der Waals surface area contributed by atoms with Crippen molar-refractivity contribution in [3.8, 4) is 12.1 Å². The molecule has 7 heteroatoms. The minimum Gasteiger partial charge on any atom is -0.368 e. The van der Waals surface area contributed by atoms with Gasteiger partial charge in [0.15, 0.2) is 0 Å². The summed E-state index contributed by atoms with van der Waals surface area (Å²) in [4.78, 5) is 15.9. The van der Waals surface area contributed by atoms with E-state index in [2.05, 4.69) is 10.3 Å². The summed E-state index contributed by atoms with van der Waals surface area (Å²) in [5.41, 5.74) is 6.94. The van der Waals surface area contributed by atoms with Gasteiger partial charge in [0.2, 0.25) is 5.91 Å². The number of carbonyl (C=O) groups excluding carboxylic acids is 1. The SMILES string of the molecule is CCc1c(C#N)c(Cl)nc(NC(C(N)=O)c2ccccc2)c1C#N. The van der Waals surface area contributed by atoms with Crippen LogP contribution in [0.1, 0.15) is 35.2 Å². The van der Waals surface area contributed by atoms with E-state index >= 15 is 0 Å². The molecule has 1 amide bonds. The molecule has 2 rings (SSSR count). The average molecular weight is 340 g/mol. The molecule has 6 nitrogen and oxygen atoms in total. The Morgan fingerprint density at radius 3 is 2.42 bits per heavy atom. The van der Waals surface area contributed by atoms with Gasteiger partial charge in [0.05, 0.1) is 11.1 Å². The quantitative estimate of drug-likeness (QED) is 0.812. The highest BCUT2D eigenvalue weighted by Crippen LogP contribution is 2.29. The highest BCUT2D eigenvalue weighted by Gasteiger charge is 2.23. The molecule has 24 heavy (non-hydrogen) atoms. The first-order chi connectivity index (χ1) is 11.5. The van der Waals surface area contributed by atoms with Crippen molar-refractivity contribution in [3.63, 3.8) is 0 Å². The van der Waals surface area contributed by atoms with Crippen molar-refractivity contribution in [2.24, 2.45) is 5.73 Å². The number of anilines is 1. The number of primary amides is 1. The van der Waals surface area contributed by atoms with Gasteiger partial charge in [0.25, 0.3) is 0 Å². The molecular weight excluding hydrogens is 326 g/mol. The number of amides is 1. The van der Waals surface area contributed by atoms with Gasteiger partial charge in [-0.2, -0.15) is 10.5 Å². The first kappa shape index (κ1) is 17.3. The fraction of sp³-hybridized carbons (Fsp3) is 0.176. The largest absolute Gasteiger partial charge is 0.368 e. The van der Waals surface area contributed by atoms with Crippen LogP contribution in [0.5, 0.6) is 0 Å². The first-order valence-electron chi connectivity index (χ1n) is 7.16. The van der Waals surface area contributed by atoms with Gasteiger partial charge in [-0.1, -0.05) is 48.9 Å². The lowest BCUT2D eigenvalue weighted by Crippen LogP contribution is -2.28. The number of nitrogens with two attached hydrogens (primary N) is 1. The maximum atomic E-state index is 11.8. The molecule has 1 aromatic carbocycles. The van der Waals surface area contributed by atoms with Crippen molar-refractivity contribution in [2.75, 3.05) is 5.32 Å². The number of nitrogens with one attached hydrogen (secondary N) is 1. The van der Waals surface area contributed by atoms with Gasteiger partial charge in [-0.3, -0.25) is 4.79 Å². The standard InChI is InChI=1S/C17H14ClN5O/c1-2-11-12(8-19)15(18)23-17(13(11)9-20)22-14(16(21)24)10-6-4-3-5-7-10/h3-7,14H,2H2,1H3,(H2,21,24)(H,22,23). The summed E-state index contributed by atoms with van der Waals surface area (Å²) in [5.74, 6) is -0.489. The molecular formula is C17H14ClN5O. The van der Waals surface area contributed by atoms with Crippen LogP contribution in [0.2, 0.25) is 5.15 Å².